The van der Waals surface area contributed by atoms with Gasteiger partial charge < -0.3 is 5.32 Å². The Kier molecular flexibility index (Phi) is 6.89. The maximum absolute atomic E-state index is 12.8. The van der Waals surface area contributed by atoms with Gasteiger partial charge in [-0.3, -0.25) is 9.78 Å². The van der Waals surface area contributed by atoms with Crippen LogP contribution in [0.15, 0.2) is 78.0 Å². The first kappa shape index (κ1) is 22.5. The molecule has 1 amide bonds. The van der Waals surface area contributed by atoms with Crippen molar-refractivity contribution < 1.29 is 13.2 Å². The van der Waals surface area contributed by atoms with Crippen molar-refractivity contribution in [3.8, 4) is 0 Å². The van der Waals surface area contributed by atoms with Crippen LogP contribution in [-0.2, 0) is 21.2 Å². The Hall–Kier alpha value is -2.74. The minimum atomic E-state index is -3.58. The second-order valence-electron chi connectivity index (χ2n) is 7.85. The van der Waals surface area contributed by atoms with Crippen molar-refractivity contribution in [2.45, 2.75) is 24.2 Å². The molecule has 0 unspecified atom stereocenters. The maximum atomic E-state index is 12.8. The highest BCUT2D eigenvalue weighted by molar-refractivity contribution is 7.89. The summed E-state index contributed by atoms with van der Waals surface area (Å²) in [4.78, 5) is 17.0. The number of piperidine rings is 1. The van der Waals surface area contributed by atoms with Crippen molar-refractivity contribution in [1.29, 1.82) is 0 Å². The van der Waals surface area contributed by atoms with Crippen LogP contribution in [0.1, 0.15) is 24.0 Å². The third kappa shape index (κ3) is 5.35. The zero-order valence-corrected chi connectivity index (χ0v) is 19.0. The molecule has 0 atom stereocenters. The summed E-state index contributed by atoms with van der Waals surface area (Å²) in [6, 6.07) is 17.9. The molecule has 0 spiro atoms. The molecule has 1 aliphatic rings. The molecule has 32 heavy (non-hydrogen) atoms. The summed E-state index contributed by atoms with van der Waals surface area (Å²) in [7, 11) is -3.58. The molecule has 1 saturated heterocycles. The second-order valence-corrected chi connectivity index (χ2v) is 10.2. The average Bonchev–Trinajstić information content (AvgIpc) is 2.81. The molecule has 6 nitrogen and oxygen atoms in total. The third-order valence-electron chi connectivity index (χ3n) is 5.66. The highest BCUT2D eigenvalue weighted by Gasteiger charge is 2.32. The van der Waals surface area contributed by atoms with Gasteiger partial charge in [0.05, 0.1) is 4.90 Å². The van der Waals surface area contributed by atoms with Crippen LogP contribution in [0, 0.1) is 5.92 Å². The lowest BCUT2D eigenvalue weighted by atomic mass is 9.97. The van der Waals surface area contributed by atoms with E-state index in [1.807, 2.05) is 36.4 Å². The van der Waals surface area contributed by atoms with Crippen molar-refractivity contribution >= 4 is 33.2 Å². The molecule has 4 rings (SSSR count). The molecule has 1 N–H and O–H groups in total. The molecule has 3 aromatic rings. The lowest BCUT2D eigenvalue weighted by Gasteiger charge is -2.30. The van der Waals surface area contributed by atoms with Gasteiger partial charge in [-0.25, -0.2) is 8.42 Å². The molecular formula is C24H24ClN3O3S. The average molecular weight is 470 g/mol. The number of sulfonamides is 1. The molecule has 0 saturated carbocycles. The van der Waals surface area contributed by atoms with Crippen molar-refractivity contribution in [2.24, 2.45) is 5.92 Å². The fourth-order valence-corrected chi connectivity index (χ4v) is 5.40. The number of hydrogen-bond acceptors (Lipinski definition) is 4. The van der Waals surface area contributed by atoms with Crippen LogP contribution in [0.2, 0.25) is 5.02 Å². The summed E-state index contributed by atoms with van der Waals surface area (Å²) >= 11 is 5.86. The minimum absolute atomic E-state index is 0.0737. The van der Waals surface area contributed by atoms with Gasteiger partial charge in [0.15, 0.2) is 0 Å². The first-order chi connectivity index (χ1) is 15.4. The Morgan fingerprint density at radius 3 is 2.16 bits per heavy atom. The van der Waals surface area contributed by atoms with Crippen molar-refractivity contribution in [2.75, 3.05) is 18.4 Å². The number of halogens is 1. The van der Waals surface area contributed by atoms with E-state index < -0.39 is 10.0 Å². The smallest absolute Gasteiger partial charge is 0.243 e. The zero-order chi connectivity index (χ0) is 22.6. The number of pyridine rings is 1. The molecule has 8 heteroatoms. The molecule has 1 fully saturated rings. The highest BCUT2D eigenvalue weighted by atomic mass is 35.5. The van der Waals surface area contributed by atoms with Gasteiger partial charge in [-0.2, -0.15) is 4.31 Å². The van der Waals surface area contributed by atoms with Crippen molar-refractivity contribution in [3.05, 3.63) is 89.2 Å². The van der Waals surface area contributed by atoms with Crippen LogP contribution in [-0.4, -0.2) is 36.7 Å². The van der Waals surface area contributed by atoms with E-state index in [2.05, 4.69) is 10.3 Å². The quantitative estimate of drug-likeness (QED) is 0.581. The zero-order valence-electron chi connectivity index (χ0n) is 17.4. The number of carbonyl (C=O) groups excluding carboxylic acids is 1. The van der Waals surface area contributed by atoms with Gasteiger partial charge in [0, 0.05) is 42.1 Å². The van der Waals surface area contributed by atoms with Crippen LogP contribution in [0.4, 0.5) is 5.69 Å². The summed E-state index contributed by atoms with van der Waals surface area (Å²) in [5.41, 5.74) is 3.07. The van der Waals surface area contributed by atoms with Gasteiger partial charge in [0.1, 0.15) is 0 Å². The first-order valence-corrected chi connectivity index (χ1v) is 12.3. The van der Waals surface area contributed by atoms with Crippen molar-refractivity contribution in [1.82, 2.24) is 9.29 Å². The third-order valence-corrected chi connectivity index (χ3v) is 7.82. The van der Waals surface area contributed by atoms with E-state index in [-0.39, 0.29) is 16.7 Å². The largest absolute Gasteiger partial charge is 0.326 e. The van der Waals surface area contributed by atoms with Gasteiger partial charge in [0.2, 0.25) is 15.9 Å². The standard InChI is InChI=1S/C24H24ClN3O3S/c25-21-3-7-23(8-4-21)32(30,31)28-15-11-20(12-16-28)24(29)27-22-5-1-18(2-6-22)17-19-9-13-26-14-10-19/h1-10,13-14,20H,11-12,15-17H2,(H,27,29). The summed E-state index contributed by atoms with van der Waals surface area (Å²) in [6.07, 6.45) is 5.32. The number of aromatic nitrogens is 1. The fraction of sp³-hybridized carbons (Fsp3) is 0.250. The van der Waals surface area contributed by atoms with Gasteiger partial charge >= 0.3 is 0 Å². The fourth-order valence-electron chi connectivity index (χ4n) is 3.80. The number of nitrogens with one attached hydrogen (secondary N) is 1. The minimum Gasteiger partial charge on any atom is -0.326 e. The van der Waals surface area contributed by atoms with E-state index >= 15 is 0 Å². The molecule has 166 valence electrons. The number of nitrogens with zero attached hydrogens (tertiary/aromatic N) is 2. The Labute approximate surface area is 193 Å². The van der Waals surface area contributed by atoms with Gasteiger partial charge in [0.25, 0.3) is 0 Å². The molecule has 0 aliphatic carbocycles. The summed E-state index contributed by atoms with van der Waals surface area (Å²) < 4.78 is 27.1. The maximum Gasteiger partial charge on any atom is 0.243 e. The summed E-state index contributed by atoms with van der Waals surface area (Å²) in [6.45, 7) is 0.627. The molecule has 1 aliphatic heterocycles. The number of rotatable bonds is 6. The first-order valence-electron chi connectivity index (χ1n) is 10.5. The molecule has 0 radical (unpaired) electrons. The lowest BCUT2D eigenvalue weighted by molar-refractivity contribution is -0.120. The monoisotopic (exact) mass is 469 g/mol. The molecule has 0 bridgehead atoms. The Morgan fingerprint density at radius 1 is 0.938 bits per heavy atom. The summed E-state index contributed by atoms with van der Waals surface area (Å²) in [5.74, 6) is -0.293. The number of carbonyl (C=O) groups is 1. The second kappa shape index (κ2) is 9.81. The normalized spacial score (nSPS) is 15.4. The Balaban J connectivity index is 1.31. The lowest BCUT2D eigenvalue weighted by Crippen LogP contribution is -2.41. The van der Waals surface area contributed by atoms with Crippen LogP contribution in [0.3, 0.4) is 0 Å². The predicted molar refractivity (Wildman–Crippen MR) is 125 cm³/mol. The van der Waals surface area contributed by atoms with Crippen LogP contribution in [0.25, 0.3) is 0 Å². The van der Waals surface area contributed by atoms with Gasteiger partial charge in [-0.15, -0.1) is 0 Å². The predicted octanol–water partition coefficient (Wildman–Crippen LogP) is 4.37. The number of hydrogen-bond donors (Lipinski definition) is 1. The molecule has 1 aromatic heterocycles. The summed E-state index contributed by atoms with van der Waals surface area (Å²) in [5, 5.41) is 3.45. The molecule has 2 aromatic carbocycles. The van der Waals surface area contributed by atoms with Crippen molar-refractivity contribution in [3.63, 3.8) is 0 Å². The highest BCUT2D eigenvalue weighted by Crippen LogP contribution is 2.26. The van der Waals surface area contributed by atoms with E-state index in [1.54, 1.807) is 24.5 Å². The number of amides is 1. The number of benzene rings is 2. The Morgan fingerprint density at radius 2 is 1.53 bits per heavy atom. The SMILES string of the molecule is O=C(Nc1ccc(Cc2ccncc2)cc1)C1CCN(S(=O)(=O)c2ccc(Cl)cc2)CC1. The van der Waals surface area contributed by atoms with E-state index in [4.69, 9.17) is 11.6 Å². The van der Waals surface area contributed by atoms with E-state index in [0.717, 1.165) is 17.7 Å². The van der Waals surface area contributed by atoms with Crippen LogP contribution < -0.4 is 5.32 Å². The molecular weight excluding hydrogens is 446 g/mol. The molecule has 2 heterocycles. The number of anilines is 1. The van der Waals surface area contributed by atoms with Gasteiger partial charge in [-0.05, 0) is 78.9 Å². The van der Waals surface area contributed by atoms with Gasteiger partial charge in [-0.1, -0.05) is 23.7 Å². The Bertz CT molecular complexity index is 1160. The topological polar surface area (TPSA) is 79.4 Å². The van der Waals surface area contributed by atoms with Crippen LogP contribution >= 0.6 is 11.6 Å². The van der Waals surface area contributed by atoms with E-state index in [9.17, 15) is 13.2 Å². The van der Waals surface area contributed by atoms with Crippen LogP contribution in [0.5, 0.6) is 0 Å². The van der Waals surface area contributed by atoms with E-state index in [0.29, 0.717) is 31.0 Å². The van der Waals surface area contributed by atoms with E-state index in [1.165, 1.54) is 22.0 Å².